The van der Waals surface area contributed by atoms with Crippen LogP contribution < -0.4 is 0 Å². The summed E-state index contributed by atoms with van der Waals surface area (Å²) in [5.74, 6) is 0.360. The average molecular weight is 246 g/mol. The highest BCUT2D eigenvalue weighted by atomic mass is 127. The average Bonchev–Trinajstić information content (AvgIpc) is 2.34. The number of rotatable bonds is 0. The highest BCUT2D eigenvalue weighted by Gasteiger charge is 2.22. The molecular formula is C8H7IO. The number of carbonyl (C=O) groups excluding carboxylic acids is 1. The molecule has 1 nitrogen and oxygen atoms in total. The molecule has 52 valence electrons. The molecule has 0 atom stereocenters. The molecule has 1 aliphatic carbocycles. The third-order valence-electron chi connectivity index (χ3n) is 1.78. The molecule has 0 aromatic heterocycles. The molecule has 10 heavy (non-hydrogen) atoms. The van der Waals surface area contributed by atoms with Gasteiger partial charge in [-0.25, -0.2) is 0 Å². The van der Waals surface area contributed by atoms with Crippen molar-refractivity contribution in [1.29, 1.82) is 0 Å². The monoisotopic (exact) mass is 246 g/mol. The lowest BCUT2D eigenvalue weighted by Crippen LogP contribution is -1.92. The van der Waals surface area contributed by atoms with Crippen molar-refractivity contribution in [3.8, 4) is 0 Å². The molecule has 0 spiro atoms. The highest BCUT2D eigenvalue weighted by Crippen LogP contribution is 2.31. The molecule has 1 fully saturated rings. The Morgan fingerprint density at radius 3 is 3.10 bits per heavy atom. The number of carbonyl (C=O) groups is 1. The Morgan fingerprint density at radius 1 is 1.40 bits per heavy atom. The molecule has 1 heterocycles. The normalized spacial score (nSPS) is 23.0. The zero-order valence-corrected chi connectivity index (χ0v) is 7.59. The lowest BCUT2D eigenvalue weighted by atomic mass is 10.1. The first-order chi connectivity index (χ1) is 4.88. The van der Waals surface area contributed by atoms with Gasteiger partial charge < -0.3 is 0 Å². The van der Waals surface area contributed by atoms with E-state index < -0.39 is 0 Å². The van der Waals surface area contributed by atoms with Crippen molar-refractivity contribution in [2.24, 2.45) is 0 Å². The van der Waals surface area contributed by atoms with Gasteiger partial charge in [0.1, 0.15) is 0 Å². The van der Waals surface area contributed by atoms with Gasteiger partial charge in [0.15, 0.2) is 5.78 Å². The van der Waals surface area contributed by atoms with E-state index in [9.17, 15) is 4.79 Å². The van der Waals surface area contributed by atoms with Gasteiger partial charge in [0, 0.05) is 12.0 Å². The number of Topliss-reactive ketones (excluding diaryl/α,β-unsaturated/α-hetero) is 1. The van der Waals surface area contributed by atoms with E-state index in [1.807, 2.05) is 0 Å². The summed E-state index contributed by atoms with van der Waals surface area (Å²) in [5, 5.41) is 0. The molecule has 0 aromatic rings. The third kappa shape index (κ3) is 0.905. The van der Waals surface area contributed by atoms with Crippen molar-refractivity contribution in [2.75, 3.05) is 0 Å². The molecular weight excluding hydrogens is 239 g/mol. The fourth-order valence-electron chi connectivity index (χ4n) is 1.21. The van der Waals surface area contributed by atoms with Gasteiger partial charge in [-0.05, 0) is 20.1 Å². The van der Waals surface area contributed by atoms with Crippen LogP contribution in [0.3, 0.4) is 0 Å². The molecule has 0 radical (unpaired) electrons. The van der Waals surface area contributed by atoms with Gasteiger partial charge in [-0.1, -0.05) is 26.8 Å². The van der Waals surface area contributed by atoms with Crippen LogP contribution in [0.2, 0.25) is 0 Å². The zero-order chi connectivity index (χ0) is 6.97. The van der Waals surface area contributed by atoms with Crippen LogP contribution in [0.1, 0.15) is 12.8 Å². The van der Waals surface area contributed by atoms with Gasteiger partial charge in [-0.2, -0.15) is 0 Å². The summed E-state index contributed by atoms with van der Waals surface area (Å²) in [7, 11) is 0. The maximum Gasteiger partial charge on any atom is 0.163 e. The molecule has 2 heteroatoms. The second-order valence-corrected chi connectivity index (χ2v) is 4.45. The van der Waals surface area contributed by atoms with E-state index in [-0.39, 0.29) is 20.7 Å². The molecule has 1 saturated carbocycles. The summed E-state index contributed by atoms with van der Waals surface area (Å²) in [6, 6.07) is 0. The topological polar surface area (TPSA) is 17.1 Å². The van der Waals surface area contributed by atoms with Crippen molar-refractivity contribution in [1.82, 2.24) is 0 Å². The quantitative estimate of drug-likeness (QED) is 0.597. The van der Waals surface area contributed by atoms with E-state index in [4.69, 9.17) is 0 Å². The first-order valence-electron chi connectivity index (χ1n) is 3.26. The van der Waals surface area contributed by atoms with E-state index in [0.29, 0.717) is 5.78 Å². The Bertz CT molecular complexity index is 271. The van der Waals surface area contributed by atoms with Crippen LogP contribution in [-0.4, -0.2) is 9.79 Å². The molecule has 2 aliphatic rings. The number of ketones is 1. The number of hydrogen-bond acceptors (Lipinski definition) is 1. The minimum absolute atomic E-state index is 0.0695. The first kappa shape index (κ1) is 6.46. The Hall–Kier alpha value is -0.250. The number of allylic oxidation sites excluding steroid dienone is 3. The van der Waals surface area contributed by atoms with Crippen LogP contribution in [0, 0.1) is 0 Å². The second-order valence-electron chi connectivity index (χ2n) is 2.39. The summed E-state index contributed by atoms with van der Waals surface area (Å²) in [4.78, 5) is 11.1. The number of hydrogen-bond donors (Lipinski definition) is 0. The van der Waals surface area contributed by atoms with Crippen molar-refractivity contribution in [2.45, 2.75) is 12.8 Å². The Labute approximate surface area is 69.6 Å². The largest absolute Gasteiger partial charge is 0.294 e. The van der Waals surface area contributed by atoms with E-state index in [0.717, 1.165) is 18.4 Å². The van der Waals surface area contributed by atoms with Crippen molar-refractivity contribution < 1.29 is 4.79 Å². The summed E-state index contributed by atoms with van der Waals surface area (Å²) >= 11 is 0.0695. The number of fused-ring (bicyclic) bond motifs is 1. The Kier molecular flexibility index (Phi) is 1.56. The molecule has 0 bridgehead atoms. The number of halogens is 1. The van der Waals surface area contributed by atoms with Crippen LogP contribution in [0.25, 0.3) is 0 Å². The molecule has 0 aromatic carbocycles. The highest BCUT2D eigenvalue weighted by molar-refractivity contribution is 14.2. The van der Waals surface area contributed by atoms with E-state index in [2.05, 4.69) is 14.2 Å². The Balaban J connectivity index is 2.50. The second kappa shape index (κ2) is 2.42. The fourth-order valence-corrected chi connectivity index (χ4v) is 3.17. The standard InChI is InChI=1S/C8H7IO/c10-8-2-1-6-3-4-9-5-7(6)8/h3-5H,1-2H2. The van der Waals surface area contributed by atoms with Crippen molar-refractivity contribution in [3.05, 3.63) is 21.3 Å². The Morgan fingerprint density at radius 2 is 2.30 bits per heavy atom. The van der Waals surface area contributed by atoms with E-state index in [1.165, 1.54) is 5.57 Å². The molecule has 1 aliphatic heterocycles. The SMILES string of the molecule is O=C1CCC2=CC=IC=C12. The van der Waals surface area contributed by atoms with Gasteiger partial charge in [0.25, 0.3) is 0 Å². The van der Waals surface area contributed by atoms with Crippen LogP contribution >= 0.6 is 20.7 Å². The van der Waals surface area contributed by atoms with Crippen LogP contribution in [0.4, 0.5) is 0 Å². The molecule has 0 unspecified atom stereocenters. The van der Waals surface area contributed by atoms with Crippen LogP contribution in [-0.2, 0) is 4.79 Å². The summed E-state index contributed by atoms with van der Waals surface area (Å²) in [6.45, 7) is 0. The lowest BCUT2D eigenvalue weighted by molar-refractivity contribution is -0.114. The maximum absolute atomic E-state index is 11.1. The smallest absolute Gasteiger partial charge is 0.163 e. The van der Waals surface area contributed by atoms with Crippen molar-refractivity contribution >= 4 is 30.5 Å². The molecule has 2 rings (SSSR count). The van der Waals surface area contributed by atoms with Gasteiger partial charge in [-0.3, -0.25) is 4.79 Å². The minimum atomic E-state index is 0.0695. The van der Waals surface area contributed by atoms with Crippen LogP contribution in [0.5, 0.6) is 0 Å². The third-order valence-corrected chi connectivity index (χ3v) is 3.53. The molecule has 0 amide bonds. The lowest BCUT2D eigenvalue weighted by Gasteiger charge is -1.98. The summed E-state index contributed by atoms with van der Waals surface area (Å²) in [6.07, 6.45) is 3.85. The first-order valence-corrected chi connectivity index (χ1v) is 5.75. The van der Waals surface area contributed by atoms with Gasteiger partial charge in [0.05, 0.1) is 0 Å². The van der Waals surface area contributed by atoms with Gasteiger partial charge >= 0.3 is 0 Å². The van der Waals surface area contributed by atoms with Crippen molar-refractivity contribution in [3.63, 3.8) is 0 Å². The van der Waals surface area contributed by atoms with Gasteiger partial charge in [0.2, 0.25) is 0 Å². The zero-order valence-electron chi connectivity index (χ0n) is 5.43. The van der Waals surface area contributed by atoms with Gasteiger partial charge in [-0.15, -0.1) is 0 Å². The fraction of sp³-hybridized carbons (Fsp3) is 0.250. The molecule has 0 N–H and O–H groups in total. The predicted molar refractivity (Wildman–Crippen MR) is 50.5 cm³/mol. The summed E-state index contributed by atoms with van der Waals surface area (Å²) in [5.41, 5.74) is 2.31. The minimum Gasteiger partial charge on any atom is -0.294 e. The van der Waals surface area contributed by atoms with E-state index in [1.54, 1.807) is 0 Å². The maximum atomic E-state index is 11.1. The van der Waals surface area contributed by atoms with E-state index >= 15 is 0 Å². The summed E-state index contributed by atoms with van der Waals surface area (Å²) < 4.78 is 4.36. The molecule has 0 saturated heterocycles. The predicted octanol–water partition coefficient (Wildman–Crippen LogP) is 1.95. The van der Waals surface area contributed by atoms with Crippen LogP contribution in [0.15, 0.2) is 21.3 Å².